The second-order valence-corrected chi connectivity index (χ2v) is 11.1. The molecule has 0 spiro atoms. The Hall–Kier alpha value is -2.83. The van der Waals surface area contributed by atoms with Gasteiger partial charge in [-0.1, -0.05) is 12.1 Å². The molecule has 3 rings (SSSR count). The zero-order valence-corrected chi connectivity index (χ0v) is 18.5. The molecule has 3 aromatic carbocycles. The highest BCUT2D eigenvalue weighted by atomic mass is 35.7. The van der Waals surface area contributed by atoms with Crippen LogP contribution in [0.2, 0.25) is 0 Å². The smallest absolute Gasteiger partial charge is 0.416 e. The first-order valence-corrected chi connectivity index (χ1v) is 12.2. The lowest BCUT2D eigenvalue weighted by Gasteiger charge is -2.16. The minimum Gasteiger partial charge on any atom is -0.456 e. The lowest BCUT2D eigenvalue weighted by Crippen LogP contribution is -2.15. The van der Waals surface area contributed by atoms with E-state index in [1.807, 2.05) is 0 Å². The predicted octanol–water partition coefficient (Wildman–Crippen LogP) is 6.97. The molecule has 0 aliphatic heterocycles. The molecule has 10 heteroatoms. The first-order chi connectivity index (χ1) is 14.8. The molecule has 0 radical (unpaired) electrons. The number of halogens is 5. The van der Waals surface area contributed by atoms with Gasteiger partial charge in [0, 0.05) is 17.7 Å². The number of ether oxygens (including phenoxy) is 1. The van der Waals surface area contributed by atoms with E-state index >= 15 is 0 Å². The van der Waals surface area contributed by atoms with E-state index in [4.69, 9.17) is 16.0 Å². The maximum atomic E-state index is 13.4. The Kier molecular flexibility index (Phi) is 6.67. The number of benzene rings is 3. The van der Waals surface area contributed by atoms with Crippen molar-refractivity contribution in [1.82, 2.24) is 0 Å². The number of rotatable bonds is 5. The molecule has 0 saturated carbocycles. The molecule has 32 heavy (non-hydrogen) atoms. The van der Waals surface area contributed by atoms with Gasteiger partial charge in [-0.3, -0.25) is 4.79 Å². The highest BCUT2D eigenvalue weighted by Gasteiger charge is 2.32. The summed E-state index contributed by atoms with van der Waals surface area (Å²) in [6, 6.07) is 12.0. The van der Waals surface area contributed by atoms with Crippen LogP contribution in [0.3, 0.4) is 0 Å². The third-order valence-electron chi connectivity index (χ3n) is 4.48. The van der Waals surface area contributed by atoms with E-state index in [1.54, 1.807) is 0 Å². The van der Waals surface area contributed by atoms with Crippen LogP contribution in [0, 0.1) is 12.7 Å². The molecule has 0 bridgehead atoms. The first-order valence-electron chi connectivity index (χ1n) is 9.19. The predicted molar refractivity (Wildman–Crippen MR) is 116 cm³/mol. The van der Waals surface area contributed by atoms with Gasteiger partial charge < -0.3 is 14.6 Å². The number of carbonyl (C=O) groups is 1. The van der Waals surface area contributed by atoms with Gasteiger partial charge in [-0.2, -0.15) is 13.2 Å². The molecular formula is C22H17ClF4NO3P. The van der Waals surface area contributed by atoms with Crippen molar-refractivity contribution < 1.29 is 31.7 Å². The van der Waals surface area contributed by atoms with Crippen LogP contribution in [0.25, 0.3) is 0 Å². The summed E-state index contributed by atoms with van der Waals surface area (Å²) in [6.45, 7) is -0.240. The lowest BCUT2D eigenvalue weighted by molar-refractivity contribution is -0.137. The summed E-state index contributed by atoms with van der Waals surface area (Å²) < 4.78 is 70.7. The monoisotopic (exact) mass is 485 g/mol. The fraction of sp³-hybridized carbons (Fsp3) is 0.136. The normalized spacial score (nSPS) is 13.3. The van der Waals surface area contributed by atoms with Crippen molar-refractivity contribution in [3.05, 3.63) is 83.2 Å². The Morgan fingerprint density at radius 2 is 1.75 bits per heavy atom. The molecule has 1 atom stereocenters. The molecular weight excluding hydrogens is 469 g/mol. The van der Waals surface area contributed by atoms with Gasteiger partial charge in [0.05, 0.1) is 11.1 Å². The van der Waals surface area contributed by atoms with Crippen molar-refractivity contribution in [2.75, 3.05) is 12.0 Å². The zero-order valence-electron chi connectivity index (χ0n) is 16.8. The summed E-state index contributed by atoms with van der Waals surface area (Å²) in [5.41, 5.74) is -0.612. The van der Waals surface area contributed by atoms with Crippen LogP contribution >= 0.6 is 17.7 Å². The summed E-state index contributed by atoms with van der Waals surface area (Å²) in [6.07, 6.45) is -4.66. The average molecular weight is 486 g/mol. The third-order valence-corrected chi connectivity index (χ3v) is 6.26. The van der Waals surface area contributed by atoms with E-state index in [1.165, 1.54) is 43.9 Å². The molecule has 168 valence electrons. The summed E-state index contributed by atoms with van der Waals surface area (Å²) in [7, 11) is 0. The molecule has 0 fully saturated rings. The van der Waals surface area contributed by atoms with Gasteiger partial charge in [-0.15, -0.1) is 0 Å². The van der Waals surface area contributed by atoms with Crippen LogP contribution in [0.5, 0.6) is 11.5 Å². The number of alkyl halides is 3. The quantitative estimate of drug-likeness (QED) is 0.313. The Labute approximate surface area is 186 Å². The second kappa shape index (κ2) is 8.96. The summed E-state index contributed by atoms with van der Waals surface area (Å²) in [4.78, 5) is 12.9. The molecule has 4 nitrogen and oxygen atoms in total. The summed E-state index contributed by atoms with van der Waals surface area (Å²) >= 11 is 5.88. The molecule has 1 amide bonds. The Balaban J connectivity index is 1.99. The Bertz CT molecular complexity index is 1220. The number of hydrogen-bond acceptors (Lipinski definition) is 3. The van der Waals surface area contributed by atoms with Gasteiger partial charge in [0.2, 0.25) is 0 Å². The third kappa shape index (κ3) is 5.69. The molecule has 0 aliphatic carbocycles. The molecule has 0 aromatic heterocycles. The molecule has 0 heterocycles. The first kappa shape index (κ1) is 23.8. The van der Waals surface area contributed by atoms with Crippen LogP contribution in [0.1, 0.15) is 21.5 Å². The fourth-order valence-electron chi connectivity index (χ4n) is 2.85. The van der Waals surface area contributed by atoms with E-state index in [2.05, 4.69) is 5.32 Å². The van der Waals surface area contributed by atoms with Crippen LogP contribution in [-0.4, -0.2) is 12.6 Å². The Morgan fingerprint density at radius 1 is 1.03 bits per heavy atom. The van der Waals surface area contributed by atoms with E-state index in [0.717, 1.165) is 24.3 Å². The molecule has 1 unspecified atom stereocenters. The number of aryl methyl sites for hydroxylation is 1. The van der Waals surface area contributed by atoms with Crippen molar-refractivity contribution in [3.63, 3.8) is 0 Å². The van der Waals surface area contributed by atoms with Gasteiger partial charge in [0.25, 0.3) is 5.91 Å². The standard InChI is InChI=1S/C22H17ClF4NO3P/c1-13-10-15(24)7-9-19(13)31-20-11-14(22(25,26)27)6-8-18(20)21(29)28-16-4-3-5-17(12-16)32(2,23)30/h3-12H,1-2H3,(H,28,29). The van der Waals surface area contributed by atoms with Crippen LogP contribution in [0.15, 0.2) is 60.7 Å². The molecule has 3 aromatic rings. The lowest BCUT2D eigenvalue weighted by atomic mass is 10.1. The van der Waals surface area contributed by atoms with Crippen molar-refractivity contribution >= 4 is 34.6 Å². The van der Waals surface area contributed by atoms with E-state index in [9.17, 15) is 26.9 Å². The second-order valence-electron chi connectivity index (χ2n) is 7.05. The molecule has 1 N–H and O–H groups in total. The number of nitrogens with one attached hydrogen (secondary N) is 1. The molecule has 0 aliphatic rings. The Morgan fingerprint density at radius 3 is 2.38 bits per heavy atom. The fourth-order valence-corrected chi connectivity index (χ4v) is 3.88. The van der Waals surface area contributed by atoms with Crippen LogP contribution in [0.4, 0.5) is 23.2 Å². The number of carbonyl (C=O) groups excluding carboxylic acids is 1. The minimum absolute atomic E-state index is 0.0934. The summed E-state index contributed by atoms with van der Waals surface area (Å²) in [5.74, 6) is -1.56. The highest BCUT2D eigenvalue weighted by Crippen LogP contribution is 2.45. The zero-order chi connectivity index (χ0) is 23.7. The van der Waals surface area contributed by atoms with Gasteiger partial charge in [0.15, 0.2) is 6.49 Å². The topological polar surface area (TPSA) is 55.4 Å². The summed E-state index contributed by atoms with van der Waals surface area (Å²) in [5, 5.41) is 2.85. The number of amides is 1. The minimum atomic E-state index is -4.66. The van der Waals surface area contributed by atoms with Crippen molar-refractivity contribution in [2.24, 2.45) is 0 Å². The van der Waals surface area contributed by atoms with Crippen LogP contribution < -0.4 is 15.4 Å². The largest absolute Gasteiger partial charge is 0.456 e. The van der Waals surface area contributed by atoms with E-state index in [-0.39, 0.29) is 22.7 Å². The van der Waals surface area contributed by atoms with Gasteiger partial charge >= 0.3 is 6.18 Å². The maximum Gasteiger partial charge on any atom is 0.416 e. The van der Waals surface area contributed by atoms with Crippen molar-refractivity contribution in [2.45, 2.75) is 13.1 Å². The van der Waals surface area contributed by atoms with Gasteiger partial charge in [0.1, 0.15) is 17.3 Å². The maximum absolute atomic E-state index is 13.4. The number of anilines is 1. The van der Waals surface area contributed by atoms with Crippen molar-refractivity contribution in [1.29, 1.82) is 0 Å². The van der Waals surface area contributed by atoms with E-state index in [0.29, 0.717) is 16.9 Å². The van der Waals surface area contributed by atoms with Crippen molar-refractivity contribution in [3.8, 4) is 11.5 Å². The van der Waals surface area contributed by atoms with Gasteiger partial charge in [-0.05, 0) is 72.3 Å². The van der Waals surface area contributed by atoms with Gasteiger partial charge in [-0.25, -0.2) is 4.39 Å². The number of hydrogen-bond donors (Lipinski definition) is 1. The highest BCUT2D eigenvalue weighted by molar-refractivity contribution is 7.94. The average Bonchev–Trinajstić information content (AvgIpc) is 2.69. The van der Waals surface area contributed by atoms with E-state index < -0.39 is 30.0 Å². The molecule has 0 saturated heterocycles. The SMILES string of the molecule is Cc1cc(F)ccc1Oc1cc(C(F)(F)F)ccc1C(=O)Nc1cccc(P(C)(=O)Cl)c1. The van der Waals surface area contributed by atoms with Crippen LogP contribution in [-0.2, 0) is 10.7 Å².